The van der Waals surface area contributed by atoms with Crippen LogP contribution < -0.4 is 0 Å². The standard InChI is InChI=1S/C30H50O9/c31-22-16-10-4-1-7-13-19-28(34)37-25-27(39-30(36)21-15-9-3-6-12-18-24-33)26-38-29(35)20-14-8-2-5-11-17-23-32/h22-24,27H,1-21,25-26H2. The summed E-state index contributed by atoms with van der Waals surface area (Å²) in [6.45, 7) is -0.334. The number of carbonyl (C=O) groups excluding carboxylic acids is 6. The Morgan fingerprint density at radius 3 is 1.10 bits per heavy atom. The number of aldehydes is 3. The lowest BCUT2D eigenvalue weighted by atomic mass is 10.1. The highest BCUT2D eigenvalue weighted by atomic mass is 16.6. The Bertz CT molecular complexity index is 625. The zero-order valence-electron chi connectivity index (χ0n) is 23.7. The molecule has 0 fully saturated rings. The van der Waals surface area contributed by atoms with E-state index >= 15 is 0 Å². The van der Waals surface area contributed by atoms with Crippen molar-refractivity contribution in [3.8, 4) is 0 Å². The van der Waals surface area contributed by atoms with Gasteiger partial charge in [-0.3, -0.25) is 14.4 Å². The number of rotatable bonds is 29. The van der Waals surface area contributed by atoms with E-state index in [1.807, 2.05) is 0 Å². The van der Waals surface area contributed by atoms with Gasteiger partial charge in [-0.05, 0) is 38.5 Å². The van der Waals surface area contributed by atoms with Gasteiger partial charge in [-0.15, -0.1) is 0 Å². The maximum absolute atomic E-state index is 12.3. The van der Waals surface area contributed by atoms with E-state index < -0.39 is 12.1 Å². The summed E-state index contributed by atoms with van der Waals surface area (Å²) in [4.78, 5) is 67.6. The zero-order valence-corrected chi connectivity index (χ0v) is 23.7. The second kappa shape index (κ2) is 28.4. The molecule has 0 bridgehead atoms. The molecule has 224 valence electrons. The van der Waals surface area contributed by atoms with Crippen LogP contribution in [0.4, 0.5) is 0 Å². The molecule has 0 saturated heterocycles. The zero-order chi connectivity index (χ0) is 28.8. The van der Waals surface area contributed by atoms with Crippen molar-refractivity contribution in [2.45, 2.75) is 141 Å². The molecule has 39 heavy (non-hydrogen) atoms. The van der Waals surface area contributed by atoms with Gasteiger partial charge in [0.25, 0.3) is 0 Å². The van der Waals surface area contributed by atoms with Crippen LogP contribution in [0, 0.1) is 0 Å². The molecular weight excluding hydrogens is 504 g/mol. The van der Waals surface area contributed by atoms with Gasteiger partial charge in [-0.1, -0.05) is 57.8 Å². The van der Waals surface area contributed by atoms with E-state index in [2.05, 4.69) is 0 Å². The number of unbranched alkanes of at least 4 members (excludes halogenated alkanes) is 15. The minimum absolute atomic E-state index is 0.167. The Kier molecular flexibility index (Phi) is 26.5. The SMILES string of the molecule is O=CCCCCCCCC(=O)OCC(COC(=O)CCCCCCCC=O)OC(=O)CCCCCCCC=O. The van der Waals surface area contributed by atoms with E-state index in [1.54, 1.807) is 0 Å². The highest BCUT2D eigenvalue weighted by molar-refractivity contribution is 5.71. The van der Waals surface area contributed by atoms with Crippen LogP contribution in [0.2, 0.25) is 0 Å². The molecule has 0 aromatic rings. The van der Waals surface area contributed by atoms with Crippen LogP contribution in [-0.2, 0) is 43.0 Å². The topological polar surface area (TPSA) is 130 Å². The van der Waals surface area contributed by atoms with Gasteiger partial charge in [0.15, 0.2) is 6.10 Å². The third kappa shape index (κ3) is 26.8. The lowest BCUT2D eigenvalue weighted by Crippen LogP contribution is -2.30. The molecule has 0 saturated carbocycles. The van der Waals surface area contributed by atoms with Crippen molar-refractivity contribution in [1.29, 1.82) is 0 Å². The number of ether oxygens (including phenoxy) is 3. The highest BCUT2D eigenvalue weighted by Gasteiger charge is 2.19. The van der Waals surface area contributed by atoms with Crippen LogP contribution in [0.3, 0.4) is 0 Å². The fraction of sp³-hybridized carbons (Fsp3) is 0.800. The Morgan fingerprint density at radius 2 is 0.744 bits per heavy atom. The van der Waals surface area contributed by atoms with Crippen molar-refractivity contribution in [2.75, 3.05) is 13.2 Å². The summed E-state index contributed by atoms with van der Waals surface area (Å²) in [5, 5.41) is 0. The van der Waals surface area contributed by atoms with Gasteiger partial charge in [0.2, 0.25) is 0 Å². The van der Waals surface area contributed by atoms with Gasteiger partial charge in [0, 0.05) is 38.5 Å². The van der Waals surface area contributed by atoms with Crippen molar-refractivity contribution in [3.63, 3.8) is 0 Å². The van der Waals surface area contributed by atoms with E-state index in [1.165, 1.54) is 0 Å². The van der Waals surface area contributed by atoms with Gasteiger partial charge >= 0.3 is 17.9 Å². The Labute approximate surface area is 234 Å². The monoisotopic (exact) mass is 554 g/mol. The molecular formula is C30H50O9. The molecule has 0 aliphatic carbocycles. The predicted octanol–water partition coefficient (Wildman–Crippen LogP) is 5.77. The molecule has 9 nitrogen and oxygen atoms in total. The molecule has 0 spiro atoms. The van der Waals surface area contributed by atoms with E-state index in [-0.39, 0.29) is 44.4 Å². The first-order valence-electron chi connectivity index (χ1n) is 14.8. The van der Waals surface area contributed by atoms with E-state index in [0.29, 0.717) is 38.5 Å². The molecule has 0 N–H and O–H groups in total. The summed E-state index contributed by atoms with van der Waals surface area (Å²) >= 11 is 0. The summed E-state index contributed by atoms with van der Waals surface area (Å²) in [6.07, 6.45) is 17.2. The van der Waals surface area contributed by atoms with Gasteiger partial charge < -0.3 is 28.6 Å². The summed E-state index contributed by atoms with van der Waals surface area (Å²) in [5.41, 5.74) is 0. The van der Waals surface area contributed by atoms with Crippen LogP contribution >= 0.6 is 0 Å². The first-order valence-corrected chi connectivity index (χ1v) is 14.8. The third-order valence-corrected chi connectivity index (χ3v) is 6.27. The molecule has 0 amide bonds. The van der Waals surface area contributed by atoms with Crippen molar-refractivity contribution < 1.29 is 43.0 Å². The fourth-order valence-corrected chi connectivity index (χ4v) is 3.96. The smallest absolute Gasteiger partial charge is 0.306 e. The Morgan fingerprint density at radius 1 is 0.436 bits per heavy atom. The summed E-state index contributed by atoms with van der Waals surface area (Å²) in [7, 11) is 0. The molecule has 0 aliphatic heterocycles. The maximum Gasteiger partial charge on any atom is 0.306 e. The van der Waals surface area contributed by atoms with E-state index in [9.17, 15) is 28.8 Å². The van der Waals surface area contributed by atoms with Crippen molar-refractivity contribution in [2.24, 2.45) is 0 Å². The van der Waals surface area contributed by atoms with Crippen LogP contribution in [-0.4, -0.2) is 56.1 Å². The van der Waals surface area contributed by atoms with Gasteiger partial charge in [0.1, 0.15) is 32.1 Å². The molecule has 9 heteroatoms. The minimum Gasteiger partial charge on any atom is -0.462 e. The second-order valence-electron chi connectivity index (χ2n) is 9.90. The van der Waals surface area contributed by atoms with Crippen LogP contribution in [0.25, 0.3) is 0 Å². The second-order valence-corrected chi connectivity index (χ2v) is 9.90. The van der Waals surface area contributed by atoms with Gasteiger partial charge in [-0.25, -0.2) is 0 Å². The lowest BCUT2D eigenvalue weighted by molar-refractivity contribution is -0.167. The average molecular weight is 555 g/mol. The first-order chi connectivity index (χ1) is 19.0. The number of hydrogen-bond acceptors (Lipinski definition) is 9. The van der Waals surface area contributed by atoms with Gasteiger partial charge in [0.05, 0.1) is 0 Å². The van der Waals surface area contributed by atoms with Crippen molar-refractivity contribution in [1.82, 2.24) is 0 Å². The van der Waals surface area contributed by atoms with Crippen LogP contribution in [0.1, 0.15) is 135 Å². The summed E-state index contributed by atoms with van der Waals surface area (Å²) in [6, 6.07) is 0. The number of esters is 3. The normalized spacial score (nSPS) is 10.7. The molecule has 0 radical (unpaired) electrons. The molecule has 0 rings (SSSR count). The Balaban J connectivity index is 4.38. The number of carbonyl (C=O) groups is 6. The summed E-state index contributed by atoms with van der Waals surface area (Å²) in [5.74, 6) is -1.20. The van der Waals surface area contributed by atoms with Crippen molar-refractivity contribution >= 4 is 36.8 Å². The Hall–Kier alpha value is -2.58. The maximum atomic E-state index is 12.3. The van der Waals surface area contributed by atoms with Crippen LogP contribution in [0.5, 0.6) is 0 Å². The van der Waals surface area contributed by atoms with E-state index in [0.717, 1.165) is 95.9 Å². The first kappa shape index (κ1) is 36.4. The quantitative estimate of drug-likeness (QED) is 0.0489. The molecule has 0 aliphatic rings. The molecule has 0 atom stereocenters. The summed E-state index contributed by atoms with van der Waals surface area (Å²) < 4.78 is 16.1. The molecule has 0 heterocycles. The largest absolute Gasteiger partial charge is 0.462 e. The highest BCUT2D eigenvalue weighted by Crippen LogP contribution is 2.11. The van der Waals surface area contributed by atoms with Gasteiger partial charge in [-0.2, -0.15) is 0 Å². The number of hydrogen-bond donors (Lipinski definition) is 0. The average Bonchev–Trinajstić information content (AvgIpc) is 2.93. The fourth-order valence-electron chi connectivity index (χ4n) is 3.96. The van der Waals surface area contributed by atoms with Crippen molar-refractivity contribution in [3.05, 3.63) is 0 Å². The molecule has 0 aromatic carbocycles. The minimum atomic E-state index is -0.857. The predicted molar refractivity (Wildman–Crippen MR) is 147 cm³/mol. The molecule has 0 unspecified atom stereocenters. The van der Waals surface area contributed by atoms with Crippen LogP contribution in [0.15, 0.2) is 0 Å². The van der Waals surface area contributed by atoms with E-state index in [4.69, 9.17) is 14.2 Å². The third-order valence-electron chi connectivity index (χ3n) is 6.27. The molecule has 0 aromatic heterocycles. The lowest BCUT2D eigenvalue weighted by Gasteiger charge is -2.18.